The number of carbonyl (C=O) groups excluding carboxylic acids is 1. The van der Waals surface area contributed by atoms with E-state index < -0.39 is 15.9 Å². The van der Waals surface area contributed by atoms with Crippen LogP contribution in [0.25, 0.3) is 21.6 Å². The molecule has 5 rings (SSSR count). The molecule has 1 fully saturated rings. The Balaban J connectivity index is 1.57. The maximum Gasteiger partial charge on any atom is 0.256 e. The Bertz CT molecular complexity index is 1470. The van der Waals surface area contributed by atoms with Crippen LogP contribution in [0, 0.1) is 6.92 Å². The number of piperidine rings is 1. The lowest BCUT2D eigenvalue weighted by Crippen LogP contribution is -2.36. The summed E-state index contributed by atoms with van der Waals surface area (Å²) < 4.78 is 29.9. The van der Waals surface area contributed by atoms with Gasteiger partial charge in [-0.1, -0.05) is 24.6 Å². The van der Waals surface area contributed by atoms with Crippen molar-refractivity contribution < 1.29 is 13.2 Å². The molecule has 0 spiro atoms. The molecule has 1 aliphatic rings. The number of benzene rings is 1. The lowest BCUT2D eigenvalue weighted by atomic mass is 10.1. The summed E-state index contributed by atoms with van der Waals surface area (Å²) in [6.07, 6.45) is 2.71. The number of aryl methyl sites for hydroxylation is 2. The molecule has 1 N–H and O–H groups in total. The number of sulfonamides is 1. The SMILES string of the molecule is Cc1nn(C)c2nc(-c3cccs3)cc(C(=O)Nc3ccccc3S(=O)(=O)N3CCCCC3)c12. The Morgan fingerprint density at radius 3 is 2.59 bits per heavy atom. The molecule has 0 atom stereocenters. The fraction of sp³-hybridized carbons (Fsp3) is 0.292. The largest absolute Gasteiger partial charge is 0.321 e. The third-order valence-electron chi connectivity index (χ3n) is 6.06. The summed E-state index contributed by atoms with van der Waals surface area (Å²) in [5.74, 6) is -0.400. The van der Waals surface area contributed by atoms with Crippen molar-refractivity contribution in [3.8, 4) is 10.6 Å². The summed E-state index contributed by atoms with van der Waals surface area (Å²) in [7, 11) is -1.92. The molecular formula is C24H25N5O3S2. The van der Waals surface area contributed by atoms with E-state index in [0.29, 0.717) is 41.1 Å². The molecule has 1 aliphatic heterocycles. The molecule has 34 heavy (non-hydrogen) atoms. The number of carbonyl (C=O) groups is 1. The van der Waals surface area contributed by atoms with Crippen LogP contribution in [0.5, 0.6) is 0 Å². The first-order valence-corrected chi connectivity index (χ1v) is 13.5. The van der Waals surface area contributed by atoms with Gasteiger partial charge in [-0.05, 0) is 49.4 Å². The van der Waals surface area contributed by atoms with Gasteiger partial charge in [0.05, 0.1) is 32.9 Å². The lowest BCUT2D eigenvalue weighted by Gasteiger charge is -2.26. The van der Waals surface area contributed by atoms with Gasteiger partial charge in [-0.3, -0.25) is 9.48 Å². The summed E-state index contributed by atoms with van der Waals surface area (Å²) in [5, 5.41) is 9.93. The van der Waals surface area contributed by atoms with Crippen molar-refractivity contribution >= 4 is 44.0 Å². The molecule has 8 nitrogen and oxygen atoms in total. The topological polar surface area (TPSA) is 97.2 Å². The van der Waals surface area contributed by atoms with E-state index in [0.717, 1.165) is 24.1 Å². The van der Waals surface area contributed by atoms with Crippen LogP contribution in [0.15, 0.2) is 52.7 Å². The van der Waals surface area contributed by atoms with Crippen LogP contribution in [0.4, 0.5) is 5.69 Å². The summed E-state index contributed by atoms with van der Waals surface area (Å²) in [6.45, 7) is 2.82. The van der Waals surface area contributed by atoms with Crippen molar-refractivity contribution in [3.05, 3.63) is 59.1 Å². The minimum absolute atomic E-state index is 0.108. The van der Waals surface area contributed by atoms with Crippen LogP contribution in [-0.2, 0) is 17.1 Å². The minimum atomic E-state index is -3.72. The van der Waals surface area contributed by atoms with E-state index in [9.17, 15) is 13.2 Å². The van der Waals surface area contributed by atoms with E-state index >= 15 is 0 Å². The molecule has 0 aliphatic carbocycles. The predicted molar refractivity (Wildman–Crippen MR) is 134 cm³/mol. The number of aromatic nitrogens is 3. The highest BCUT2D eigenvalue weighted by Crippen LogP contribution is 2.31. The first-order valence-electron chi connectivity index (χ1n) is 11.1. The van der Waals surface area contributed by atoms with Gasteiger partial charge >= 0.3 is 0 Å². The Kier molecular flexibility index (Phi) is 5.97. The van der Waals surface area contributed by atoms with E-state index in [1.54, 1.807) is 42.1 Å². The number of hydrogen-bond acceptors (Lipinski definition) is 6. The van der Waals surface area contributed by atoms with Gasteiger partial charge in [-0.2, -0.15) is 9.40 Å². The van der Waals surface area contributed by atoms with Crippen LogP contribution in [0.2, 0.25) is 0 Å². The third kappa shape index (κ3) is 4.02. The Morgan fingerprint density at radius 2 is 1.85 bits per heavy atom. The van der Waals surface area contributed by atoms with E-state index in [2.05, 4.69) is 10.4 Å². The van der Waals surface area contributed by atoms with Gasteiger partial charge in [0.25, 0.3) is 5.91 Å². The molecule has 3 aromatic heterocycles. The Morgan fingerprint density at radius 1 is 1.09 bits per heavy atom. The number of anilines is 1. The maximum atomic E-state index is 13.6. The number of rotatable bonds is 5. The number of amides is 1. The Labute approximate surface area is 202 Å². The average Bonchev–Trinajstić information content (AvgIpc) is 3.48. The van der Waals surface area contributed by atoms with Gasteiger partial charge in [-0.25, -0.2) is 13.4 Å². The predicted octanol–water partition coefficient (Wildman–Crippen LogP) is 4.43. The molecule has 176 valence electrons. The first-order chi connectivity index (χ1) is 16.4. The lowest BCUT2D eigenvalue weighted by molar-refractivity contribution is 0.102. The van der Waals surface area contributed by atoms with Crippen LogP contribution in [0.1, 0.15) is 35.3 Å². The van der Waals surface area contributed by atoms with Gasteiger partial charge in [-0.15, -0.1) is 11.3 Å². The van der Waals surface area contributed by atoms with Crippen molar-refractivity contribution in [2.45, 2.75) is 31.1 Å². The quantitative estimate of drug-likeness (QED) is 0.442. The molecule has 4 heterocycles. The standard InChI is InChI=1S/C24H25N5O3S2/c1-16-22-17(15-19(20-10-8-14-33-20)25-23(22)28(2)27-16)24(30)26-18-9-4-5-11-21(18)34(31,32)29-12-6-3-7-13-29/h4-5,8-11,14-15H,3,6-7,12-13H2,1-2H3,(H,26,30). The second-order valence-corrected chi connectivity index (χ2v) is 11.2. The van der Waals surface area contributed by atoms with Crippen molar-refractivity contribution in [2.24, 2.45) is 7.05 Å². The molecule has 0 radical (unpaired) electrons. The zero-order chi connectivity index (χ0) is 23.9. The van der Waals surface area contributed by atoms with E-state index in [-0.39, 0.29) is 10.6 Å². The molecule has 0 saturated carbocycles. The fourth-order valence-electron chi connectivity index (χ4n) is 4.40. The van der Waals surface area contributed by atoms with Crippen molar-refractivity contribution in [1.29, 1.82) is 0 Å². The van der Waals surface area contributed by atoms with Gasteiger partial charge in [0.2, 0.25) is 10.0 Å². The van der Waals surface area contributed by atoms with Crippen LogP contribution in [-0.4, -0.2) is 46.5 Å². The number of fused-ring (bicyclic) bond motifs is 1. The van der Waals surface area contributed by atoms with E-state index in [4.69, 9.17) is 4.98 Å². The first kappa shape index (κ1) is 22.7. The van der Waals surface area contributed by atoms with Gasteiger partial charge in [0.15, 0.2) is 5.65 Å². The number of pyridine rings is 1. The van der Waals surface area contributed by atoms with E-state index in [1.807, 2.05) is 24.4 Å². The zero-order valence-corrected chi connectivity index (χ0v) is 20.6. The molecule has 1 aromatic carbocycles. The van der Waals surface area contributed by atoms with Crippen molar-refractivity contribution in [1.82, 2.24) is 19.1 Å². The zero-order valence-electron chi connectivity index (χ0n) is 19.0. The minimum Gasteiger partial charge on any atom is -0.321 e. The smallest absolute Gasteiger partial charge is 0.256 e. The number of para-hydroxylation sites is 1. The Hall–Kier alpha value is -3.08. The van der Waals surface area contributed by atoms with Gasteiger partial charge in [0.1, 0.15) is 4.90 Å². The molecule has 1 saturated heterocycles. The van der Waals surface area contributed by atoms with Crippen LogP contribution >= 0.6 is 11.3 Å². The molecular weight excluding hydrogens is 470 g/mol. The normalized spacial score (nSPS) is 15.0. The van der Waals surface area contributed by atoms with Crippen molar-refractivity contribution in [3.63, 3.8) is 0 Å². The van der Waals surface area contributed by atoms with E-state index in [1.165, 1.54) is 15.6 Å². The summed E-state index contributed by atoms with van der Waals surface area (Å²) in [5.41, 5.74) is 2.63. The number of thiophene rings is 1. The summed E-state index contributed by atoms with van der Waals surface area (Å²) in [4.78, 5) is 19.4. The molecule has 4 aromatic rings. The number of nitrogens with one attached hydrogen (secondary N) is 1. The second kappa shape index (κ2) is 8.94. The fourth-order valence-corrected chi connectivity index (χ4v) is 6.75. The number of hydrogen-bond donors (Lipinski definition) is 1. The van der Waals surface area contributed by atoms with Gasteiger partial charge in [0, 0.05) is 20.1 Å². The average molecular weight is 496 g/mol. The highest BCUT2D eigenvalue weighted by molar-refractivity contribution is 7.89. The van der Waals surface area contributed by atoms with Crippen molar-refractivity contribution in [2.75, 3.05) is 18.4 Å². The molecule has 1 amide bonds. The summed E-state index contributed by atoms with van der Waals surface area (Å²) in [6, 6.07) is 12.2. The molecule has 0 bridgehead atoms. The molecule has 10 heteroatoms. The highest BCUT2D eigenvalue weighted by Gasteiger charge is 2.29. The molecule has 0 unspecified atom stereocenters. The van der Waals surface area contributed by atoms with Gasteiger partial charge < -0.3 is 5.32 Å². The third-order valence-corrected chi connectivity index (χ3v) is 8.90. The van der Waals surface area contributed by atoms with Crippen LogP contribution in [0.3, 0.4) is 0 Å². The maximum absolute atomic E-state index is 13.6. The second-order valence-electron chi connectivity index (χ2n) is 8.36. The number of nitrogens with zero attached hydrogens (tertiary/aromatic N) is 4. The highest BCUT2D eigenvalue weighted by atomic mass is 32.2. The van der Waals surface area contributed by atoms with Crippen LogP contribution < -0.4 is 5.32 Å². The summed E-state index contributed by atoms with van der Waals surface area (Å²) >= 11 is 1.53. The monoisotopic (exact) mass is 495 g/mol.